The molecule has 0 aliphatic carbocycles. The highest BCUT2D eigenvalue weighted by Crippen LogP contribution is 2.19. The van der Waals surface area contributed by atoms with Crippen molar-refractivity contribution in [2.45, 2.75) is 12.1 Å². The first-order valence-corrected chi connectivity index (χ1v) is 8.33. The van der Waals surface area contributed by atoms with Crippen LogP contribution in [-0.2, 0) is 9.59 Å². The number of fused-ring (bicyclic) bond motifs is 1. The summed E-state index contributed by atoms with van der Waals surface area (Å²) in [5, 5.41) is 6.27. The monoisotopic (exact) mass is 340 g/mol. The van der Waals surface area contributed by atoms with Crippen molar-refractivity contribution in [3.8, 4) is 0 Å². The molecule has 2 amide bonds. The second-order valence-corrected chi connectivity index (χ2v) is 6.08. The molecule has 2 aromatic heterocycles. The van der Waals surface area contributed by atoms with E-state index >= 15 is 0 Å². The second-order valence-electron chi connectivity index (χ2n) is 5.14. The van der Waals surface area contributed by atoms with Gasteiger partial charge in [0.2, 0.25) is 11.8 Å². The summed E-state index contributed by atoms with van der Waals surface area (Å²) < 4.78 is 1.94. The number of benzene rings is 1. The lowest BCUT2D eigenvalue weighted by Crippen LogP contribution is -2.14. The molecule has 6 nitrogen and oxygen atoms in total. The lowest BCUT2D eigenvalue weighted by atomic mass is 10.2. The van der Waals surface area contributed by atoms with Gasteiger partial charge in [-0.25, -0.2) is 4.98 Å². The SMILES string of the molecule is CC(=O)Nc1cccc(NC(=O)CSc2ncc3ccccn23)c1. The smallest absolute Gasteiger partial charge is 0.234 e. The molecule has 2 N–H and O–H groups in total. The minimum absolute atomic E-state index is 0.132. The summed E-state index contributed by atoms with van der Waals surface area (Å²) in [4.78, 5) is 27.5. The molecule has 7 heteroatoms. The van der Waals surface area contributed by atoms with Gasteiger partial charge < -0.3 is 10.6 Å². The number of thioether (sulfide) groups is 1. The Labute approximate surface area is 143 Å². The van der Waals surface area contributed by atoms with Crippen molar-refractivity contribution in [3.05, 3.63) is 54.9 Å². The Morgan fingerprint density at radius 3 is 2.71 bits per heavy atom. The van der Waals surface area contributed by atoms with Crippen LogP contribution >= 0.6 is 11.8 Å². The van der Waals surface area contributed by atoms with Crippen LogP contribution in [0.25, 0.3) is 5.52 Å². The van der Waals surface area contributed by atoms with Crippen molar-refractivity contribution in [3.63, 3.8) is 0 Å². The van der Waals surface area contributed by atoms with Crippen molar-refractivity contribution in [2.24, 2.45) is 0 Å². The zero-order valence-electron chi connectivity index (χ0n) is 13.0. The molecule has 0 bridgehead atoms. The fourth-order valence-electron chi connectivity index (χ4n) is 2.23. The third kappa shape index (κ3) is 3.94. The molecule has 0 spiro atoms. The van der Waals surface area contributed by atoms with Gasteiger partial charge in [0.1, 0.15) is 0 Å². The maximum Gasteiger partial charge on any atom is 0.234 e. The zero-order chi connectivity index (χ0) is 16.9. The normalized spacial score (nSPS) is 10.5. The molecule has 0 unspecified atom stereocenters. The van der Waals surface area contributed by atoms with Crippen LogP contribution < -0.4 is 10.6 Å². The highest BCUT2D eigenvalue weighted by molar-refractivity contribution is 7.99. The average Bonchev–Trinajstić information content (AvgIpc) is 2.96. The van der Waals surface area contributed by atoms with E-state index in [9.17, 15) is 9.59 Å². The number of pyridine rings is 1. The number of rotatable bonds is 5. The van der Waals surface area contributed by atoms with E-state index in [1.807, 2.05) is 28.8 Å². The average molecular weight is 340 g/mol. The molecular weight excluding hydrogens is 324 g/mol. The fraction of sp³-hybridized carbons (Fsp3) is 0.118. The number of imidazole rings is 1. The molecule has 3 rings (SSSR count). The van der Waals surface area contributed by atoms with Gasteiger partial charge in [0.05, 0.1) is 17.5 Å². The van der Waals surface area contributed by atoms with E-state index in [4.69, 9.17) is 0 Å². The molecular formula is C17H16N4O2S. The van der Waals surface area contributed by atoms with Crippen LogP contribution in [0.15, 0.2) is 60.0 Å². The van der Waals surface area contributed by atoms with Gasteiger partial charge in [-0.05, 0) is 30.3 Å². The molecule has 0 aliphatic rings. The van der Waals surface area contributed by atoms with Crippen LogP contribution in [0, 0.1) is 0 Å². The van der Waals surface area contributed by atoms with Gasteiger partial charge in [-0.1, -0.05) is 23.9 Å². The summed E-state index contributed by atoms with van der Waals surface area (Å²) in [5.74, 6) is -0.0360. The van der Waals surface area contributed by atoms with Gasteiger partial charge in [0.25, 0.3) is 0 Å². The van der Waals surface area contributed by atoms with E-state index in [0.717, 1.165) is 10.7 Å². The number of nitrogens with one attached hydrogen (secondary N) is 2. The van der Waals surface area contributed by atoms with Crippen molar-refractivity contribution in [2.75, 3.05) is 16.4 Å². The van der Waals surface area contributed by atoms with Crippen molar-refractivity contribution < 1.29 is 9.59 Å². The first-order valence-electron chi connectivity index (χ1n) is 7.34. The van der Waals surface area contributed by atoms with Gasteiger partial charge in [0, 0.05) is 24.5 Å². The zero-order valence-corrected chi connectivity index (χ0v) is 13.8. The van der Waals surface area contributed by atoms with E-state index in [2.05, 4.69) is 15.6 Å². The number of hydrogen-bond acceptors (Lipinski definition) is 4. The molecule has 122 valence electrons. The summed E-state index contributed by atoms with van der Waals surface area (Å²) >= 11 is 1.37. The first-order chi connectivity index (χ1) is 11.6. The minimum atomic E-state index is -0.153. The van der Waals surface area contributed by atoms with Crippen LogP contribution in [-0.4, -0.2) is 27.0 Å². The van der Waals surface area contributed by atoms with Gasteiger partial charge >= 0.3 is 0 Å². The lowest BCUT2D eigenvalue weighted by molar-refractivity contribution is -0.114. The van der Waals surface area contributed by atoms with Gasteiger partial charge in [-0.15, -0.1) is 0 Å². The molecule has 0 aliphatic heterocycles. The lowest BCUT2D eigenvalue weighted by Gasteiger charge is -2.07. The molecule has 0 fully saturated rings. The molecule has 0 atom stereocenters. The van der Waals surface area contributed by atoms with E-state index in [1.165, 1.54) is 18.7 Å². The van der Waals surface area contributed by atoms with Gasteiger partial charge in [-0.2, -0.15) is 0 Å². The number of nitrogens with zero attached hydrogens (tertiary/aromatic N) is 2. The molecule has 0 radical (unpaired) electrons. The van der Waals surface area contributed by atoms with Crippen LogP contribution in [0.1, 0.15) is 6.92 Å². The van der Waals surface area contributed by atoms with Crippen LogP contribution in [0.3, 0.4) is 0 Å². The third-order valence-electron chi connectivity index (χ3n) is 3.20. The highest BCUT2D eigenvalue weighted by Gasteiger charge is 2.08. The van der Waals surface area contributed by atoms with E-state index < -0.39 is 0 Å². The van der Waals surface area contributed by atoms with Crippen LogP contribution in [0.5, 0.6) is 0 Å². The molecule has 0 saturated heterocycles. The number of carbonyl (C=O) groups excluding carboxylic acids is 2. The summed E-state index contributed by atoms with van der Waals surface area (Å²) in [6, 6.07) is 12.9. The standard InChI is InChI=1S/C17H16N4O2S/c1-12(22)19-13-5-4-6-14(9-13)20-16(23)11-24-17-18-10-15-7-2-3-8-21(15)17/h2-10H,11H2,1H3,(H,19,22)(H,20,23). The van der Waals surface area contributed by atoms with Gasteiger partial charge in [0.15, 0.2) is 5.16 Å². The minimum Gasteiger partial charge on any atom is -0.326 e. The third-order valence-corrected chi connectivity index (χ3v) is 4.17. The number of hydrogen-bond donors (Lipinski definition) is 2. The largest absolute Gasteiger partial charge is 0.326 e. The topological polar surface area (TPSA) is 75.5 Å². The van der Waals surface area contributed by atoms with E-state index in [1.54, 1.807) is 30.5 Å². The summed E-state index contributed by atoms with van der Waals surface area (Å²) in [5.41, 5.74) is 2.27. The molecule has 2 heterocycles. The number of amides is 2. The predicted molar refractivity (Wildman–Crippen MR) is 95.3 cm³/mol. The maximum absolute atomic E-state index is 12.1. The van der Waals surface area contributed by atoms with E-state index in [-0.39, 0.29) is 17.6 Å². The number of carbonyl (C=O) groups is 2. The Kier molecular flexibility index (Phi) is 4.81. The molecule has 3 aromatic rings. The Balaban J connectivity index is 1.61. The highest BCUT2D eigenvalue weighted by atomic mass is 32.2. The predicted octanol–water partition coefficient (Wildman–Crippen LogP) is 3.02. The molecule has 0 saturated carbocycles. The van der Waals surface area contributed by atoms with Crippen LogP contribution in [0.2, 0.25) is 0 Å². The summed E-state index contributed by atoms with van der Waals surface area (Å²) in [7, 11) is 0. The number of anilines is 2. The Morgan fingerprint density at radius 2 is 1.92 bits per heavy atom. The number of aromatic nitrogens is 2. The second kappa shape index (κ2) is 7.18. The van der Waals surface area contributed by atoms with Gasteiger partial charge in [-0.3, -0.25) is 14.0 Å². The summed E-state index contributed by atoms with van der Waals surface area (Å²) in [6.45, 7) is 1.44. The maximum atomic E-state index is 12.1. The van der Waals surface area contributed by atoms with E-state index in [0.29, 0.717) is 11.4 Å². The van der Waals surface area contributed by atoms with Crippen molar-refractivity contribution in [1.29, 1.82) is 0 Å². The van der Waals surface area contributed by atoms with Crippen molar-refractivity contribution in [1.82, 2.24) is 9.38 Å². The Hall–Kier alpha value is -2.80. The summed E-state index contributed by atoms with van der Waals surface area (Å²) in [6.07, 6.45) is 3.69. The Morgan fingerprint density at radius 1 is 1.12 bits per heavy atom. The fourth-order valence-corrected chi connectivity index (χ4v) is 3.00. The molecule has 24 heavy (non-hydrogen) atoms. The quantitative estimate of drug-likeness (QED) is 0.700. The first kappa shape index (κ1) is 16.1. The Bertz CT molecular complexity index is 891. The van der Waals surface area contributed by atoms with Crippen molar-refractivity contribution >= 4 is 40.5 Å². The van der Waals surface area contributed by atoms with Crippen LogP contribution in [0.4, 0.5) is 11.4 Å². The molecule has 1 aromatic carbocycles.